The van der Waals surface area contributed by atoms with E-state index in [2.05, 4.69) is 19.2 Å². The topological polar surface area (TPSA) is 67.9 Å². The van der Waals surface area contributed by atoms with Gasteiger partial charge in [0.2, 0.25) is 0 Å². The van der Waals surface area contributed by atoms with Crippen molar-refractivity contribution < 1.29 is 23.5 Å². The lowest BCUT2D eigenvalue weighted by Gasteiger charge is -2.38. The first-order valence-corrected chi connectivity index (χ1v) is 10.6. The molecule has 0 radical (unpaired) electrons. The predicted octanol–water partition coefficient (Wildman–Crippen LogP) is 3.80. The van der Waals surface area contributed by atoms with Crippen LogP contribution >= 0.6 is 0 Å². The molecule has 2 atom stereocenters. The maximum atomic E-state index is 13.1. The number of hydrogen-bond acceptors (Lipinski definition) is 4. The van der Waals surface area contributed by atoms with E-state index in [1.165, 1.54) is 12.1 Å². The third-order valence-electron chi connectivity index (χ3n) is 5.41. The predicted molar refractivity (Wildman–Crippen MR) is 116 cm³/mol. The maximum absolute atomic E-state index is 13.1. The van der Waals surface area contributed by atoms with Crippen LogP contribution < -0.4 is 14.8 Å². The lowest BCUT2D eigenvalue weighted by Crippen LogP contribution is -2.49. The van der Waals surface area contributed by atoms with Gasteiger partial charge in [-0.25, -0.2) is 4.39 Å². The van der Waals surface area contributed by atoms with Crippen LogP contribution in [-0.4, -0.2) is 48.6 Å². The molecule has 6 nitrogen and oxygen atoms in total. The normalized spacial score (nSPS) is 18.4. The zero-order valence-corrected chi connectivity index (χ0v) is 18.0. The highest BCUT2D eigenvalue weighted by molar-refractivity contribution is 5.94. The second-order valence-electron chi connectivity index (χ2n) is 7.80. The van der Waals surface area contributed by atoms with Crippen molar-refractivity contribution in [2.24, 2.45) is 0 Å². The summed E-state index contributed by atoms with van der Waals surface area (Å²) in [4.78, 5) is 26.7. The number of rotatable bonds is 8. The van der Waals surface area contributed by atoms with Crippen molar-refractivity contribution in [2.75, 3.05) is 19.8 Å². The Morgan fingerprint density at radius 1 is 1.03 bits per heavy atom. The van der Waals surface area contributed by atoms with E-state index in [1.54, 1.807) is 36.4 Å². The Morgan fingerprint density at radius 2 is 1.74 bits per heavy atom. The van der Waals surface area contributed by atoms with Crippen molar-refractivity contribution >= 4 is 11.8 Å². The van der Waals surface area contributed by atoms with Crippen LogP contribution in [0.15, 0.2) is 48.5 Å². The molecule has 1 N–H and O–H groups in total. The summed E-state index contributed by atoms with van der Waals surface area (Å²) in [6.07, 6.45) is 3.19. The Balaban J connectivity index is 1.41. The highest BCUT2D eigenvalue weighted by Crippen LogP contribution is 2.23. The van der Waals surface area contributed by atoms with Crippen LogP contribution in [0.4, 0.5) is 4.39 Å². The molecular formula is C24H29FN2O4. The molecule has 0 bridgehead atoms. The van der Waals surface area contributed by atoms with Crippen LogP contribution in [0.1, 0.15) is 43.5 Å². The molecule has 2 unspecified atom stereocenters. The Hall–Kier alpha value is -3.09. The number of carbonyl (C=O) groups excluding carboxylic acids is 2. The molecule has 1 aliphatic heterocycles. The average molecular weight is 429 g/mol. The van der Waals surface area contributed by atoms with Gasteiger partial charge in [0, 0.05) is 23.7 Å². The summed E-state index contributed by atoms with van der Waals surface area (Å²) in [5.74, 6) is 0.321. The van der Waals surface area contributed by atoms with Gasteiger partial charge in [0.15, 0.2) is 6.61 Å². The molecule has 1 heterocycles. The number of likely N-dealkylation sites (tertiary alicyclic amines) is 1. The van der Waals surface area contributed by atoms with Crippen molar-refractivity contribution in [3.8, 4) is 11.5 Å². The number of nitrogens with zero attached hydrogens (tertiary/aromatic N) is 1. The van der Waals surface area contributed by atoms with E-state index in [0.717, 1.165) is 19.3 Å². The number of nitrogens with one attached hydrogen (secondary N) is 1. The summed E-state index contributed by atoms with van der Waals surface area (Å²) in [5.41, 5.74) is 0.475. The number of benzene rings is 2. The number of halogens is 1. The van der Waals surface area contributed by atoms with Crippen LogP contribution in [0.2, 0.25) is 0 Å². The van der Waals surface area contributed by atoms with Gasteiger partial charge in [0.05, 0.1) is 6.54 Å². The average Bonchev–Trinajstić information content (AvgIpc) is 2.75. The van der Waals surface area contributed by atoms with Crippen molar-refractivity contribution in [2.45, 2.75) is 45.2 Å². The molecular weight excluding hydrogens is 399 g/mol. The molecule has 0 spiro atoms. The highest BCUT2D eigenvalue weighted by atomic mass is 19.1. The first kappa shape index (κ1) is 22.6. The van der Waals surface area contributed by atoms with E-state index in [1.807, 2.05) is 4.90 Å². The number of hydrogen-bond donors (Lipinski definition) is 1. The van der Waals surface area contributed by atoms with E-state index in [4.69, 9.17) is 9.47 Å². The lowest BCUT2D eigenvalue weighted by atomic mass is 9.97. The highest BCUT2D eigenvalue weighted by Gasteiger charge is 2.28. The summed E-state index contributed by atoms with van der Waals surface area (Å²) in [5, 5.41) is 2.75. The van der Waals surface area contributed by atoms with Crippen LogP contribution in [0.3, 0.4) is 0 Å². The first-order valence-electron chi connectivity index (χ1n) is 10.6. The van der Waals surface area contributed by atoms with Crippen molar-refractivity contribution in [3.05, 3.63) is 59.9 Å². The number of amides is 2. The van der Waals surface area contributed by atoms with Crippen LogP contribution in [0.5, 0.6) is 11.5 Å². The summed E-state index contributed by atoms with van der Waals surface area (Å²) in [6.45, 7) is 4.64. The third-order valence-corrected chi connectivity index (χ3v) is 5.41. The molecule has 3 rings (SSSR count). The molecule has 31 heavy (non-hydrogen) atoms. The number of ether oxygens (including phenoxy) is 2. The van der Waals surface area contributed by atoms with Gasteiger partial charge in [0.25, 0.3) is 11.8 Å². The molecule has 0 aromatic heterocycles. The van der Waals surface area contributed by atoms with Crippen LogP contribution in [0.25, 0.3) is 0 Å². The van der Waals surface area contributed by atoms with Gasteiger partial charge in [-0.15, -0.1) is 0 Å². The second kappa shape index (κ2) is 10.8. The molecule has 166 valence electrons. The maximum Gasteiger partial charge on any atom is 0.260 e. The van der Waals surface area contributed by atoms with E-state index in [9.17, 15) is 14.0 Å². The van der Waals surface area contributed by atoms with Crippen molar-refractivity contribution in [1.29, 1.82) is 0 Å². The second-order valence-corrected chi connectivity index (χ2v) is 7.80. The van der Waals surface area contributed by atoms with E-state index in [0.29, 0.717) is 17.1 Å². The molecule has 2 aromatic rings. The fraction of sp³-hybridized carbons (Fsp3) is 0.417. The molecule has 7 heteroatoms. The van der Waals surface area contributed by atoms with Gasteiger partial charge in [-0.1, -0.05) is 6.07 Å². The van der Waals surface area contributed by atoms with Crippen LogP contribution in [0, 0.1) is 5.82 Å². The minimum absolute atomic E-state index is 0.0141. The number of carbonyl (C=O) groups is 2. The molecule has 0 aliphatic carbocycles. The Kier molecular flexibility index (Phi) is 7.87. The first-order chi connectivity index (χ1) is 14.9. The lowest BCUT2D eigenvalue weighted by molar-refractivity contribution is -0.139. The van der Waals surface area contributed by atoms with E-state index in [-0.39, 0.29) is 49.5 Å². The smallest absolute Gasteiger partial charge is 0.260 e. The Bertz CT molecular complexity index is 877. The fourth-order valence-electron chi connectivity index (χ4n) is 3.83. The van der Waals surface area contributed by atoms with Gasteiger partial charge in [-0.05, 0) is 69.5 Å². The molecule has 0 saturated carbocycles. The van der Waals surface area contributed by atoms with E-state index < -0.39 is 0 Å². The van der Waals surface area contributed by atoms with Crippen molar-refractivity contribution in [1.82, 2.24) is 10.2 Å². The van der Waals surface area contributed by atoms with Crippen LogP contribution in [-0.2, 0) is 4.79 Å². The molecule has 1 aliphatic rings. The fourth-order valence-corrected chi connectivity index (χ4v) is 3.83. The van der Waals surface area contributed by atoms with E-state index >= 15 is 0 Å². The summed E-state index contributed by atoms with van der Waals surface area (Å²) >= 11 is 0. The van der Waals surface area contributed by atoms with Gasteiger partial charge >= 0.3 is 0 Å². The molecule has 2 amide bonds. The minimum Gasteiger partial charge on any atom is -0.492 e. The van der Waals surface area contributed by atoms with Crippen molar-refractivity contribution in [3.63, 3.8) is 0 Å². The minimum atomic E-state index is -0.370. The summed E-state index contributed by atoms with van der Waals surface area (Å²) in [6, 6.07) is 13.0. The Labute approximate surface area is 182 Å². The zero-order valence-electron chi connectivity index (χ0n) is 18.0. The third kappa shape index (κ3) is 6.44. The zero-order chi connectivity index (χ0) is 22.2. The summed E-state index contributed by atoms with van der Waals surface area (Å²) in [7, 11) is 0. The van der Waals surface area contributed by atoms with Gasteiger partial charge in [0.1, 0.15) is 23.9 Å². The SMILES string of the molecule is CC1CCCC(C)N1C(=O)COc1ccc(C(=O)NCCOc2cccc(F)c2)cc1. The number of piperidine rings is 1. The van der Waals surface area contributed by atoms with Gasteiger partial charge in [-0.2, -0.15) is 0 Å². The molecule has 1 saturated heterocycles. The van der Waals surface area contributed by atoms with Gasteiger partial charge in [-0.3, -0.25) is 9.59 Å². The standard InChI is InChI=1S/C24H29FN2O4/c1-17-5-3-6-18(2)27(17)23(28)16-31-21-11-9-19(10-12-21)24(29)26-13-14-30-22-8-4-7-20(25)15-22/h4,7-12,15,17-18H,3,5-6,13-14,16H2,1-2H3,(H,26,29). The molecule has 2 aromatic carbocycles. The largest absolute Gasteiger partial charge is 0.492 e. The van der Waals surface area contributed by atoms with Gasteiger partial charge < -0.3 is 19.7 Å². The quantitative estimate of drug-likeness (QED) is 0.650. The summed E-state index contributed by atoms with van der Waals surface area (Å²) < 4.78 is 24.1. The Morgan fingerprint density at radius 3 is 2.42 bits per heavy atom. The monoisotopic (exact) mass is 428 g/mol. The molecule has 1 fully saturated rings.